The lowest BCUT2D eigenvalue weighted by Crippen LogP contribution is -2.30. The van der Waals surface area contributed by atoms with Gasteiger partial charge in [-0.05, 0) is 103 Å². The Morgan fingerprint density at radius 3 is 1.08 bits per heavy atom. The molecule has 374 valence electrons. The molecule has 0 heterocycles. The van der Waals surface area contributed by atoms with Gasteiger partial charge in [0, 0.05) is 19.3 Å². The summed E-state index contributed by atoms with van der Waals surface area (Å²) < 4.78 is 16.8. The maximum Gasteiger partial charge on any atom is 0.306 e. The predicted molar refractivity (Wildman–Crippen MR) is 279 cm³/mol. The van der Waals surface area contributed by atoms with E-state index >= 15 is 0 Å². The van der Waals surface area contributed by atoms with E-state index in [1.165, 1.54) is 148 Å². The van der Waals surface area contributed by atoms with E-state index in [0.29, 0.717) is 19.3 Å². The second-order valence-electron chi connectivity index (χ2n) is 18.2. The molecule has 0 saturated carbocycles. The first-order valence-corrected chi connectivity index (χ1v) is 27.5. The van der Waals surface area contributed by atoms with Crippen molar-refractivity contribution < 1.29 is 28.6 Å². The number of carbonyl (C=O) groups excluding carboxylic acids is 3. The summed E-state index contributed by atoms with van der Waals surface area (Å²) in [5.41, 5.74) is 0. The summed E-state index contributed by atoms with van der Waals surface area (Å²) in [5, 5.41) is 0. The molecule has 0 spiro atoms. The first-order valence-electron chi connectivity index (χ1n) is 27.5. The Morgan fingerprint density at radius 1 is 0.323 bits per heavy atom. The molecule has 0 bridgehead atoms. The third-order valence-corrected chi connectivity index (χ3v) is 11.7. The summed E-state index contributed by atoms with van der Waals surface area (Å²) in [6.07, 6.45) is 67.4. The van der Waals surface area contributed by atoms with Crippen LogP contribution in [0.5, 0.6) is 0 Å². The van der Waals surface area contributed by atoms with Gasteiger partial charge in [-0.25, -0.2) is 0 Å². The Kier molecular flexibility index (Phi) is 50.9. The van der Waals surface area contributed by atoms with E-state index in [2.05, 4.69) is 93.7 Å². The first-order chi connectivity index (χ1) is 32.0. The van der Waals surface area contributed by atoms with E-state index in [1.54, 1.807) is 0 Å². The molecule has 0 aromatic rings. The molecule has 6 nitrogen and oxygen atoms in total. The van der Waals surface area contributed by atoms with E-state index in [0.717, 1.165) is 70.6 Å². The molecular weight excluding hydrogens is 805 g/mol. The maximum atomic E-state index is 12.8. The summed E-state index contributed by atoms with van der Waals surface area (Å²) in [5.74, 6) is -0.964. The summed E-state index contributed by atoms with van der Waals surface area (Å²) >= 11 is 0. The van der Waals surface area contributed by atoms with Crippen LogP contribution in [-0.2, 0) is 28.6 Å². The van der Waals surface area contributed by atoms with Crippen LogP contribution in [-0.4, -0.2) is 37.2 Å². The van der Waals surface area contributed by atoms with E-state index in [1.807, 2.05) is 0 Å². The molecule has 0 aromatic heterocycles. The third kappa shape index (κ3) is 51.7. The molecule has 1 atom stereocenters. The minimum Gasteiger partial charge on any atom is -0.462 e. The van der Waals surface area contributed by atoms with Crippen LogP contribution in [0.15, 0.2) is 72.9 Å². The number of esters is 3. The van der Waals surface area contributed by atoms with Crippen molar-refractivity contribution in [1.29, 1.82) is 0 Å². The summed E-state index contributed by atoms with van der Waals surface area (Å²) in [6.45, 7) is 6.54. The highest BCUT2D eigenvalue weighted by Gasteiger charge is 2.19. The van der Waals surface area contributed by atoms with Crippen molar-refractivity contribution in [2.75, 3.05) is 13.2 Å². The van der Waals surface area contributed by atoms with Gasteiger partial charge in [0.15, 0.2) is 6.10 Å². The van der Waals surface area contributed by atoms with Crippen molar-refractivity contribution in [2.24, 2.45) is 0 Å². The Labute approximate surface area is 402 Å². The van der Waals surface area contributed by atoms with Gasteiger partial charge >= 0.3 is 17.9 Å². The molecule has 1 unspecified atom stereocenters. The average Bonchev–Trinajstić information content (AvgIpc) is 3.30. The van der Waals surface area contributed by atoms with E-state index in [-0.39, 0.29) is 37.5 Å². The van der Waals surface area contributed by atoms with Gasteiger partial charge in [-0.3, -0.25) is 14.4 Å². The molecule has 6 heteroatoms. The Morgan fingerprint density at radius 2 is 0.615 bits per heavy atom. The van der Waals surface area contributed by atoms with Crippen molar-refractivity contribution in [2.45, 2.75) is 271 Å². The molecule has 0 saturated heterocycles. The molecule has 0 aliphatic rings. The van der Waals surface area contributed by atoms with Crippen molar-refractivity contribution in [3.05, 3.63) is 72.9 Å². The van der Waals surface area contributed by atoms with Gasteiger partial charge in [0.1, 0.15) is 13.2 Å². The second kappa shape index (κ2) is 53.5. The number of hydrogen-bond donors (Lipinski definition) is 0. The number of carbonyl (C=O) groups is 3. The van der Waals surface area contributed by atoms with Crippen LogP contribution < -0.4 is 0 Å². The van der Waals surface area contributed by atoms with E-state index in [9.17, 15) is 14.4 Å². The Bertz CT molecular complexity index is 1230. The van der Waals surface area contributed by atoms with Gasteiger partial charge in [-0.2, -0.15) is 0 Å². The van der Waals surface area contributed by atoms with Crippen molar-refractivity contribution in [1.82, 2.24) is 0 Å². The average molecular weight is 907 g/mol. The highest BCUT2D eigenvalue weighted by atomic mass is 16.6. The Balaban J connectivity index is 4.48. The number of hydrogen-bond acceptors (Lipinski definition) is 6. The summed E-state index contributed by atoms with van der Waals surface area (Å²) in [6, 6.07) is 0. The zero-order valence-corrected chi connectivity index (χ0v) is 42.7. The van der Waals surface area contributed by atoms with Gasteiger partial charge in [-0.1, -0.05) is 216 Å². The number of rotatable bonds is 49. The lowest BCUT2D eigenvalue weighted by molar-refractivity contribution is -0.167. The Hall–Kier alpha value is -3.15. The summed E-state index contributed by atoms with van der Waals surface area (Å²) in [4.78, 5) is 38.0. The molecule has 0 aliphatic carbocycles. The first kappa shape index (κ1) is 61.9. The van der Waals surface area contributed by atoms with E-state index in [4.69, 9.17) is 14.2 Å². The number of allylic oxidation sites excluding steroid dienone is 12. The van der Waals surface area contributed by atoms with Gasteiger partial charge in [0.05, 0.1) is 0 Å². The zero-order chi connectivity index (χ0) is 47.2. The van der Waals surface area contributed by atoms with Crippen molar-refractivity contribution >= 4 is 17.9 Å². The quantitative estimate of drug-likeness (QED) is 0.0199. The molecule has 0 amide bonds. The highest BCUT2D eigenvalue weighted by Crippen LogP contribution is 2.14. The van der Waals surface area contributed by atoms with Crippen LogP contribution >= 0.6 is 0 Å². The molecule has 0 rings (SSSR count). The smallest absolute Gasteiger partial charge is 0.306 e. The zero-order valence-electron chi connectivity index (χ0n) is 42.7. The number of ether oxygens (including phenoxy) is 3. The SMILES string of the molecule is CCCCC/C=C\C=C/CCCCCCCCC(=O)OC(COC(=O)CCC/C=C\C/C=C\C/C=C\CCCCCCCC)COC(=O)CCCCCCCCC/C=C\CCCCCC. The molecule has 65 heavy (non-hydrogen) atoms. The molecule has 0 aliphatic heterocycles. The second-order valence-corrected chi connectivity index (χ2v) is 18.2. The van der Waals surface area contributed by atoms with Crippen molar-refractivity contribution in [3.63, 3.8) is 0 Å². The maximum absolute atomic E-state index is 12.8. The number of unbranched alkanes of at least 4 members (excludes halogenated alkanes) is 27. The van der Waals surface area contributed by atoms with Crippen LogP contribution in [0.3, 0.4) is 0 Å². The molecule has 0 N–H and O–H groups in total. The van der Waals surface area contributed by atoms with Gasteiger partial charge in [0.25, 0.3) is 0 Å². The normalized spacial score (nSPS) is 12.6. The fraction of sp³-hybridized carbons (Fsp3) is 0.746. The van der Waals surface area contributed by atoms with Gasteiger partial charge in [0.2, 0.25) is 0 Å². The molecular formula is C59H102O6. The molecule has 0 aromatic carbocycles. The molecule has 0 radical (unpaired) electrons. The third-order valence-electron chi connectivity index (χ3n) is 11.7. The minimum absolute atomic E-state index is 0.0979. The van der Waals surface area contributed by atoms with Crippen LogP contribution in [0.1, 0.15) is 265 Å². The van der Waals surface area contributed by atoms with Gasteiger partial charge in [-0.15, -0.1) is 0 Å². The highest BCUT2D eigenvalue weighted by molar-refractivity contribution is 5.71. The minimum atomic E-state index is -0.803. The van der Waals surface area contributed by atoms with Crippen LogP contribution in [0.4, 0.5) is 0 Å². The van der Waals surface area contributed by atoms with Crippen molar-refractivity contribution in [3.8, 4) is 0 Å². The predicted octanol–water partition coefficient (Wildman–Crippen LogP) is 18.2. The fourth-order valence-corrected chi connectivity index (χ4v) is 7.50. The fourth-order valence-electron chi connectivity index (χ4n) is 7.50. The summed E-state index contributed by atoms with van der Waals surface area (Å²) in [7, 11) is 0. The van der Waals surface area contributed by atoms with Crippen LogP contribution in [0.25, 0.3) is 0 Å². The standard InChI is InChI=1S/C59H102O6/c1-4-7-10-13-16-19-22-25-28-29-32-34-37-40-43-46-49-52-58(61)64-55-56(65-59(62)53-50-47-44-41-38-35-31-27-24-21-18-15-12-9-6-3)54-63-57(60)51-48-45-42-39-36-33-30-26-23-20-17-14-11-8-5-2/h18,20-21,23-25,27-28,32,34,40,43,56H,4-17,19,22,26,29-31,33,35-39,41-42,44-55H2,1-3H3/b21-18-,23-20-,27-24-,28-25-,34-32-,43-40-. The topological polar surface area (TPSA) is 78.9 Å². The lowest BCUT2D eigenvalue weighted by Gasteiger charge is -2.18. The largest absolute Gasteiger partial charge is 0.462 e. The van der Waals surface area contributed by atoms with E-state index < -0.39 is 6.10 Å². The van der Waals surface area contributed by atoms with Crippen LogP contribution in [0.2, 0.25) is 0 Å². The monoisotopic (exact) mass is 907 g/mol. The van der Waals surface area contributed by atoms with Gasteiger partial charge < -0.3 is 14.2 Å². The lowest BCUT2D eigenvalue weighted by atomic mass is 10.1. The van der Waals surface area contributed by atoms with Crippen LogP contribution in [0, 0.1) is 0 Å². The molecule has 0 fully saturated rings.